The molecule has 210 valence electrons. The van der Waals surface area contributed by atoms with Gasteiger partial charge >= 0.3 is 7.12 Å². The molecule has 0 atom stereocenters. The number of rotatable bonds is 6. The summed E-state index contributed by atoms with van der Waals surface area (Å²) in [5, 5.41) is 35.8. The minimum absolute atomic E-state index is 0.0260. The fourth-order valence-corrected chi connectivity index (χ4v) is 3.67. The Morgan fingerprint density at radius 2 is 1.07 bits per heavy atom. The van der Waals surface area contributed by atoms with Gasteiger partial charge in [0.05, 0.1) is 31.7 Å². The number of aliphatic hydroxyl groups excluding tert-OH is 2. The van der Waals surface area contributed by atoms with E-state index in [1.807, 2.05) is 54.6 Å². The molecule has 0 saturated heterocycles. The summed E-state index contributed by atoms with van der Waals surface area (Å²) < 4.78 is 5.17. The van der Waals surface area contributed by atoms with Gasteiger partial charge in [-0.15, -0.1) is 0 Å². The molecular weight excluding hydrogens is 566 g/mol. The van der Waals surface area contributed by atoms with Gasteiger partial charge in [0.15, 0.2) is 0 Å². The predicted molar refractivity (Wildman–Crippen MR) is 160 cm³/mol. The second kappa shape index (κ2) is 16.4. The van der Waals surface area contributed by atoms with Crippen molar-refractivity contribution in [3.05, 3.63) is 119 Å². The number of halogens is 2. The number of aromatic nitrogens is 4. The SMILES string of the molecule is COc1ccc(-c2cc(-c3ccc(CO)cc3)ncn2)cc1.Clc1cc(Cl)ncn1.OCc1ccc(B(O)O)cc1. The summed E-state index contributed by atoms with van der Waals surface area (Å²) in [4.78, 5) is 15.9. The van der Waals surface area contributed by atoms with Gasteiger partial charge in [-0.3, -0.25) is 0 Å². The van der Waals surface area contributed by atoms with Crippen LogP contribution in [0.3, 0.4) is 0 Å². The van der Waals surface area contributed by atoms with Gasteiger partial charge in [0, 0.05) is 17.2 Å². The van der Waals surface area contributed by atoms with Gasteiger partial charge < -0.3 is 25.0 Å². The lowest BCUT2D eigenvalue weighted by atomic mass is 9.80. The van der Waals surface area contributed by atoms with Crippen molar-refractivity contribution in [1.29, 1.82) is 0 Å². The molecule has 2 heterocycles. The highest BCUT2D eigenvalue weighted by Crippen LogP contribution is 2.24. The Labute approximate surface area is 247 Å². The van der Waals surface area contributed by atoms with Crippen LogP contribution in [0.1, 0.15) is 11.1 Å². The van der Waals surface area contributed by atoms with Crippen molar-refractivity contribution in [1.82, 2.24) is 19.9 Å². The first kappa shape index (κ1) is 31.6. The number of hydrogen-bond acceptors (Lipinski definition) is 9. The molecule has 5 rings (SSSR count). The quantitative estimate of drug-likeness (QED) is 0.170. The molecule has 0 aliphatic carbocycles. The summed E-state index contributed by atoms with van der Waals surface area (Å²) in [6, 6.07) is 25.3. The summed E-state index contributed by atoms with van der Waals surface area (Å²) in [7, 11) is 0.219. The van der Waals surface area contributed by atoms with Crippen molar-refractivity contribution in [2.75, 3.05) is 7.11 Å². The van der Waals surface area contributed by atoms with Crippen molar-refractivity contribution < 1.29 is 25.0 Å². The van der Waals surface area contributed by atoms with E-state index in [0.29, 0.717) is 15.8 Å². The number of nitrogens with zero attached hydrogens (tertiary/aromatic N) is 4. The highest BCUT2D eigenvalue weighted by Gasteiger charge is 2.09. The van der Waals surface area contributed by atoms with E-state index in [2.05, 4.69) is 19.9 Å². The Balaban J connectivity index is 0.000000201. The Morgan fingerprint density at radius 1 is 0.634 bits per heavy atom. The summed E-state index contributed by atoms with van der Waals surface area (Å²) in [5.41, 5.74) is 5.79. The van der Waals surface area contributed by atoms with Gasteiger partial charge in [-0.2, -0.15) is 0 Å². The maximum Gasteiger partial charge on any atom is 0.488 e. The average Bonchev–Trinajstić information content (AvgIpc) is 3.02. The zero-order valence-corrected chi connectivity index (χ0v) is 23.5. The van der Waals surface area contributed by atoms with Crippen LogP contribution in [0, 0.1) is 0 Å². The molecule has 4 N–H and O–H groups in total. The summed E-state index contributed by atoms with van der Waals surface area (Å²) in [5.74, 6) is 0.817. The molecule has 0 radical (unpaired) electrons. The number of ether oxygens (including phenoxy) is 1. The molecule has 9 nitrogen and oxygen atoms in total. The molecule has 0 bridgehead atoms. The normalized spacial score (nSPS) is 10.0. The van der Waals surface area contributed by atoms with Crippen molar-refractivity contribution in [3.63, 3.8) is 0 Å². The Morgan fingerprint density at radius 3 is 1.46 bits per heavy atom. The van der Waals surface area contributed by atoms with Crippen LogP contribution >= 0.6 is 23.2 Å². The molecule has 0 fully saturated rings. The minimum Gasteiger partial charge on any atom is -0.497 e. The highest BCUT2D eigenvalue weighted by molar-refractivity contribution is 6.58. The van der Waals surface area contributed by atoms with Crippen molar-refractivity contribution in [2.24, 2.45) is 0 Å². The Kier molecular flexibility index (Phi) is 12.6. The first-order valence-electron chi connectivity index (χ1n) is 12.2. The van der Waals surface area contributed by atoms with Crippen LogP contribution in [0.2, 0.25) is 10.3 Å². The molecular formula is C29H27BCl2N4O5. The van der Waals surface area contributed by atoms with Crippen molar-refractivity contribution in [2.45, 2.75) is 13.2 Å². The first-order chi connectivity index (χ1) is 19.8. The van der Waals surface area contributed by atoms with Crippen LogP contribution in [-0.2, 0) is 13.2 Å². The van der Waals surface area contributed by atoms with E-state index in [4.69, 9.17) is 48.2 Å². The molecule has 0 aliphatic rings. The number of hydrogen-bond donors (Lipinski definition) is 4. The monoisotopic (exact) mass is 592 g/mol. The van der Waals surface area contributed by atoms with Gasteiger partial charge in [-0.1, -0.05) is 71.7 Å². The van der Waals surface area contributed by atoms with Gasteiger partial charge in [0.2, 0.25) is 0 Å². The Bertz CT molecular complexity index is 1410. The van der Waals surface area contributed by atoms with Crippen LogP contribution in [0.4, 0.5) is 0 Å². The number of methoxy groups -OCH3 is 1. The van der Waals surface area contributed by atoms with E-state index in [-0.39, 0.29) is 13.2 Å². The molecule has 5 aromatic rings. The molecule has 0 unspecified atom stereocenters. The third-order valence-electron chi connectivity index (χ3n) is 5.55. The fraction of sp³-hybridized carbons (Fsp3) is 0.103. The van der Waals surface area contributed by atoms with E-state index in [9.17, 15) is 0 Å². The molecule has 2 aromatic heterocycles. The molecule has 0 saturated carbocycles. The van der Waals surface area contributed by atoms with Crippen molar-refractivity contribution in [3.8, 4) is 28.3 Å². The summed E-state index contributed by atoms with van der Waals surface area (Å²) in [6.45, 7) is 0.0168. The van der Waals surface area contributed by atoms with E-state index < -0.39 is 7.12 Å². The minimum atomic E-state index is -1.43. The lowest BCUT2D eigenvalue weighted by Crippen LogP contribution is -2.29. The molecule has 0 aliphatic heterocycles. The largest absolute Gasteiger partial charge is 0.497 e. The fourth-order valence-electron chi connectivity index (χ4n) is 3.32. The molecule has 0 spiro atoms. The number of aliphatic hydroxyl groups is 2. The van der Waals surface area contributed by atoms with Gasteiger partial charge in [-0.25, -0.2) is 19.9 Å². The van der Waals surface area contributed by atoms with Gasteiger partial charge in [0.25, 0.3) is 0 Å². The first-order valence-corrected chi connectivity index (χ1v) is 12.9. The maximum absolute atomic E-state index is 9.10. The van der Waals surface area contributed by atoms with Crippen LogP contribution in [0.25, 0.3) is 22.5 Å². The molecule has 0 amide bonds. The number of benzene rings is 3. The lowest BCUT2D eigenvalue weighted by molar-refractivity contribution is 0.281. The van der Waals surface area contributed by atoms with E-state index in [1.54, 1.807) is 37.7 Å². The maximum atomic E-state index is 9.10. The van der Waals surface area contributed by atoms with E-state index >= 15 is 0 Å². The molecule has 3 aromatic carbocycles. The zero-order valence-electron chi connectivity index (χ0n) is 22.0. The third-order valence-corrected chi connectivity index (χ3v) is 5.96. The van der Waals surface area contributed by atoms with Crippen LogP contribution in [0.5, 0.6) is 5.75 Å². The van der Waals surface area contributed by atoms with Gasteiger partial charge in [-0.05, 0) is 46.9 Å². The van der Waals surface area contributed by atoms with E-state index in [0.717, 1.165) is 39.4 Å². The Hall–Kier alpha value is -3.90. The average molecular weight is 593 g/mol. The van der Waals surface area contributed by atoms with Crippen LogP contribution < -0.4 is 10.2 Å². The van der Waals surface area contributed by atoms with Crippen molar-refractivity contribution >= 4 is 35.8 Å². The summed E-state index contributed by atoms with van der Waals surface area (Å²) >= 11 is 10.8. The second-order valence-electron chi connectivity index (χ2n) is 8.31. The highest BCUT2D eigenvalue weighted by atomic mass is 35.5. The molecule has 41 heavy (non-hydrogen) atoms. The third kappa shape index (κ3) is 10.2. The lowest BCUT2D eigenvalue weighted by Gasteiger charge is -2.06. The standard InChI is InChI=1S/C18H16N2O2.C7H9BO3.C4H2Cl2N2/c1-22-16-8-6-15(7-9-16)18-10-17(19-12-20-18)14-4-2-13(11-21)3-5-14;9-5-6-1-3-7(4-2-6)8(10)11;5-3-1-4(6)8-2-7-3/h2-10,12,21H,11H2,1H3;1-4,9-11H,5H2;1-2H. The molecule has 12 heteroatoms. The second-order valence-corrected chi connectivity index (χ2v) is 9.08. The van der Waals surface area contributed by atoms with Crippen LogP contribution in [0.15, 0.2) is 97.6 Å². The van der Waals surface area contributed by atoms with Gasteiger partial charge in [0.1, 0.15) is 28.7 Å². The summed E-state index contributed by atoms with van der Waals surface area (Å²) in [6.07, 6.45) is 2.87. The van der Waals surface area contributed by atoms with E-state index in [1.165, 1.54) is 12.4 Å². The van der Waals surface area contributed by atoms with Crippen LogP contribution in [-0.4, -0.2) is 54.4 Å². The predicted octanol–water partition coefficient (Wildman–Crippen LogP) is 3.95. The topological polar surface area (TPSA) is 142 Å². The smallest absolute Gasteiger partial charge is 0.488 e. The zero-order chi connectivity index (χ0) is 29.6.